The monoisotopic (exact) mass is 290 g/mol. The first kappa shape index (κ1) is 15.5. The number of methoxy groups -OCH3 is 1. The van der Waals surface area contributed by atoms with Crippen molar-refractivity contribution in [1.82, 2.24) is 9.78 Å². The molecular formula is C12H19ClN2O2S. The summed E-state index contributed by atoms with van der Waals surface area (Å²) in [6, 6.07) is 0. The molecular weight excluding hydrogens is 272 g/mol. The molecule has 0 spiro atoms. The van der Waals surface area contributed by atoms with E-state index in [1.807, 2.05) is 0 Å². The number of thioether (sulfide) groups is 1. The highest BCUT2D eigenvalue weighted by molar-refractivity contribution is 8.01. The molecule has 0 atom stereocenters. The van der Waals surface area contributed by atoms with Crippen molar-refractivity contribution in [2.75, 3.05) is 19.5 Å². The molecule has 6 heteroatoms. The highest BCUT2D eigenvalue weighted by Gasteiger charge is 2.20. The number of carbonyl (C=O) groups excluding carboxylic acids is 1. The van der Waals surface area contributed by atoms with Gasteiger partial charge in [0, 0.05) is 11.9 Å². The van der Waals surface area contributed by atoms with Gasteiger partial charge in [0.1, 0.15) is 5.69 Å². The summed E-state index contributed by atoms with van der Waals surface area (Å²) in [6.45, 7) is 7.27. The lowest BCUT2D eigenvalue weighted by atomic mass is 10.3. The Morgan fingerprint density at radius 1 is 1.56 bits per heavy atom. The number of rotatable bonds is 6. The van der Waals surface area contributed by atoms with Gasteiger partial charge in [0.05, 0.1) is 30.1 Å². The summed E-state index contributed by atoms with van der Waals surface area (Å²) in [5.74, 6) is 0.413. The molecule has 1 aromatic heterocycles. The summed E-state index contributed by atoms with van der Waals surface area (Å²) in [5.41, 5.74) is 0.477. The highest BCUT2D eigenvalue weighted by atomic mass is 35.5. The van der Waals surface area contributed by atoms with Crippen LogP contribution in [0.1, 0.15) is 31.3 Å². The van der Waals surface area contributed by atoms with Gasteiger partial charge in [-0.2, -0.15) is 5.10 Å². The molecule has 1 rings (SSSR count). The fourth-order valence-corrected chi connectivity index (χ4v) is 2.28. The van der Waals surface area contributed by atoms with Gasteiger partial charge in [-0.15, -0.1) is 11.8 Å². The third kappa shape index (κ3) is 4.63. The molecule has 0 aliphatic carbocycles. The van der Waals surface area contributed by atoms with Crippen LogP contribution in [0, 0.1) is 0 Å². The largest absolute Gasteiger partial charge is 0.383 e. The average Bonchev–Trinajstić information content (AvgIpc) is 2.64. The quantitative estimate of drug-likeness (QED) is 0.756. The van der Waals surface area contributed by atoms with E-state index >= 15 is 0 Å². The number of carbonyl (C=O) groups is 1. The topological polar surface area (TPSA) is 44.1 Å². The molecule has 0 saturated heterocycles. The molecule has 4 nitrogen and oxygen atoms in total. The summed E-state index contributed by atoms with van der Waals surface area (Å²) in [5, 5.41) is 4.50. The third-order valence-corrected chi connectivity index (χ3v) is 3.75. The molecule has 102 valence electrons. The summed E-state index contributed by atoms with van der Waals surface area (Å²) in [7, 11) is 1.61. The Balaban J connectivity index is 2.75. The van der Waals surface area contributed by atoms with Crippen molar-refractivity contribution in [2.45, 2.75) is 32.1 Å². The van der Waals surface area contributed by atoms with Crippen LogP contribution < -0.4 is 0 Å². The van der Waals surface area contributed by atoms with Gasteiger partial charge in [-0.25, -0.2) is 0 Å². The van der Waals surface area contributed by atoms with Crippen molar-refractivity contribution in [3.63, 3.8) is 0 Å². The Bertz CT molecular complexity index is 413. The van der Waals surface area contributed by atoms with E-state index in [1.54, 1.807) is 23.6 Å². The Hall–Kier alpha value is -0.520. The fraction of sp³-hybridized carbons (Fsp3) is 0.667. The molecule has 18 heavy (non-hydrogen) atoms. The number of nitrogens with zero attached hydrogens (tertiary/aromatic N) is 2. The second kappa shape index (κ2) is 6.59. The molecule has 0 unspecified atom stereocenters. The van der Waals surface area contributed by atoms with Gasteiger partial charge in [0.25, 0.3) is 0 Å². The van der Waals surface area contributed by atoms with Gasteiger partial charge in [-0.05, 0) is 0 Å². The third-order valence-electron chi connectivity index (χ3n) is 2.20. The van der Waals surface area contributed by atoms with Gasteiger partial charge in [-0.1, -0.05) is 32.4 Å². The number of halogens is 1. The van der Waals surface area contributed by atoms with Gasteiger partial charge in [0.2, 0.25) is 0 Å². The van der Waals surface area contributed by atoms with Crippen LogP contribution in [0.3, 0.4) is 0 Å². The van der Waals surface area contributed by atoms with E-state index in [1.165, 1.54) is 6.20 Å². The van der Waals surface area contributed by atoms with Gasteiger partial charge in [-0.3, -0.25) is 9.48 Å². The van der Waals surface area contributed by atoms with E-state index in [-0.39, 0.29) is 10.5 Å². The Morgan fingerprint density at radius 3 is 2.78 bits per heavy atom. The standard InChI is InChI=1S/C12H19ClN2O2S/c1-12(2,3)18-8-10(16)11-9(13)7-14-15(11)5-6-17-4/h7H,5-6,8H2,1-4H3. The minimum absolute atomic E-state index is 0.00790. The lowest BCUT2D eigenvalue weighted by Crippen LogP contribution is -2.18. The molecule has 0 amide bonds. The molecule has 0 N–H and O–H groups in total. The number of ether oxygens (including phenoxy) is 1. The molecule has 1 aromatic rings. The molecule has 0 saturated carbocycles. The highest BCUT2D eigenvalue weighted by Crippen LogP contribution is 2.25. The van der Waals surface area contributed by atoms with E-state index in [0.29, 0.717) is 29.6 Å². The number of ketones is 1. The maximum Gasteiger partial charge on any atom is 0.192 e. The van der Waals surface area contributed by atoms with Crippen molar-refractivity contribution < 1.29 is 9.53 Å². The lowest BCUT2D eigenvalue weighted by Gasteiger charge is -2.17. The number of aromatic nitrogens is 2. The zero-order valence-electron chi connectivity index (χ0n) is 11.2. The minimum atomic E-state index is 0.00790. The predicted octanol–water partition coefficient (Wildman–Crippen LogP) is 2.90. The number of hydrogen-bond acceptors (Lipinski definition) is 4. The van der Waals surface area contributed by atoms with E-state index in [9.17, 15) is 4.79 Å². The number of Topliss-reactive ketones (excluding diaryl/α,β-unsaturated/α-hetero) is 1. The van der Waals surface area contributed by atoms with Crippen LogP contribution in [0.4, 0.5) is 0 Å². The second-order valence-electron chi connectivity index (χ2n) is 4.88. The van der Waals surface area contributed by atoms with Crippen molar-refractivity contribution in [2.24, 2.45) is 0 Å². The SMILES string of the molecule is COCCn1ncc(Cl)c1C(=O)CSC(C)(C)C. The van der Waals surface area contributed by atoms with Gasteiger partial charge in [0.15, 0.2) is 5.78 Å². The molecule has 0 aliphatic heterocycles. The molecule has 0 aliphatic rings. The van der Waals surface area contributed by atoms with Crippen LogP contribution >= 0.6 is 23.4 Å². The van der Waals surface area contributed by atoms with Gasteiger partial charge >= 0.3 is 0 Å². The average molecular weight is 291 g/mol. The first-order valence-electron chi connectivity index (χ1n) is 5.72. The Kier molecular flexibility index (Phi) is 5.69. The van der Waals surface area contributed by atoms with Crippen molar-refractivity contribution in [1.29, 1.82) is 0 Å². The van der Waals surface area contributed by atoms with Crippen LogP contribution in [-0.4, -0.2) is 39.8 Å². The summed E-state index contributed by atoms with van der Waals surface area (Å²) >= 11 is 7.62. The molecule has 1 heterocycles. The summed E-state index contributed by atoms with van der Waals surface area (Å²) < 4.78 is 6.65. The maximum absolute atomic E-state index is 12.2. The van der Waals surface area contributed by atoms with Crippen LogP contribution in [-0.2, 0) is 11.3 Å². The van der Waals surface area contributed by atoms with Crippen molar-refractivity contribution in [3.05, 3.63) is 16.9 Å². The molecule has 0 fully saturated rings. The van der Waals surface area contributed by atoms with Crippen LogP contribution in [0.2, 0.25) is 5.02 Å². The van der Waals surface area contributed by atoms with E-state index in [0.717, 1.165) is 0 Å². The predicted molar refractivity (Wildman–Crippen MR) is 75.7 cm³/mol. The van der Waals surface area contributed by atoms with Crippen LogP contribution in [0.15, 0.2) is 6.20 Å². The molecule has 0 radical (unpaired) electrons. The van der Waals surface area contributed by atoms with Gasteiger partial charge < -0.3 is 4.74 Å². The zero-order chi connectivity index (χ0) is 13.8. The van der Waals surface area contributed by atoms with E-state index in [4.69, 9.17) is 16.3 Å². The Labute approximate surface area is 117 Å². The Morgan fingerprint density at radius 2 is 2.22 bits per heavy atom. The molecule has 0 aromatic carbocycles. The molecule has 0 bridgehead atoms. The number of hydrogen-bond donors (Lipinski definition) is 0. The van der Waals surface area contributed by atoms with E-state index in [2.05, 4.69) is 25.9 Å². The normalized spacial score (nSPS) is 11.8. The van der Waals surface area contributed by atoms with Crippen LogP contribution in [0.25, 0.3) is 0 Å². The minimum Gasteiger partial charge on any atom is -0.383 e. The van der Waals surface area contributed by atoms with Crippen molar-refractivity contribution in [3.8, 4) is 0 Å². The first-order valence-corrected chi connectivity index (χ1v) is 7.09. The van der Waals surface area contributed by atoms with Crippen molar-refractivity contribution >= 4 is 29.1 Å². The van der Waals surface area contributed by atoms with Crippen LogP contribution in [0.5, 0.6) is 0 Å². The summed E-state index contributed by atoms with van der Waals surface area (Å²) in [4.78, 5) is 12.2. The summed E-state index contributed by atoms with van der Waals surface area (Å²) in [6.07, 6.45) is 1.51. The lowest BCUT2D eigenvalue weighted by molar-refractivity contribution is 0.100. The smallest absolute Gasteiger partial charge is 0.192 e. The fourth-order valence-electron chi connectivity index (χ4n) is 1.34. The first-order chi connectivity index (χ1) is 8.35. The zero-order valence-corrected chi connectivity index (χ0v) is 12.8. The maximum atomic E-state index is 12.2. The second-order valence-corrected chi connectivity index (χ2v) is 7.09. The van der Waals surface area contributed by atoms with E-state index < -0.39 is 0 Å².